The summed E-state index contributed by atoms with van der Waals surface area (Å²) >= 11 is 0. The minimum atomic E-state index is -0.835. The Kier molecular flexibility index (Phi) is 12.4. The molecule has 3 aromatic carbocycles. The standard InChI is InChI=1S/C38H47N5O3/c1-4-38(2,3)35(42-33(44)25-24-30-23-22-27-15-11-12-20-31(27)40-30)37(46)41-32(21-13-14-26-39)36(45)43-34(28-16-7-5-8-17-28)29-18-9-6-10-19-29/h5-12,15-20,22-23,32,34-35H,4,13-14,21,24-26,39H2,1-3H3,(H,41,46)(H,42,44)(H,43,45)/t32-,35+/m0/s1. The van der Waals surface area contributed by atoms with Crippen LogP contribution in [0.3, 0.4) is 0 Å². The van der Waals surface area contributed by atoms with Gasteiger partial charge in [-0.2, -0.15) is 0 Å². The number of hydrogen-bond acceptors (Lipinski definition) is 5. The van der Waals surface area contributed by atoms with E-state index in [2.05, 4.69) is 20.9 Å². The number of nitrogens with two attached hydrogens (primary N) is 1. The van der Waals surface area contributed by atoms with Gasteiger partial charge >= 0.3 is 0 Å². The first-order chi connectivity index (χ1) is 22.2. The predicted octanol–water partition coefficient (Wildman–Crippen LogP) is 5.61. The molecule has 242 valence electrons. The van der Waals surface area contributed by atoms with Gasteiger partial charge in [-0.3, -0.25) is 19.4 Å². The Morgan fingerprint density at radius 3 is 2.02 bits per heavy atom. The van der Waals surface area contributed by atoms with Gasteiger partial charge in [0.2, 0.25) is 17.7 Å². The molecular formula is C38H47N5O3. The number of aromatic nitrogens is 1. The van der Waals surface area contributed by atoms with Gasteiger partial charge in [0.25, 0.3) is 0 Å². The van der Waals surface area contributed by atoms with Gasteiger partial charge < -0.3 is 21.7 Å². The van der Waals surface area contributed by atoms with Crippen molar-refractivity contribution in [3.05, 3.63) is 114 Å². The molecule has 1 heterocycles. The molecule has 4 rings (SSSR count). The van der Waals surface area contributed by atoms with Crippen molar-refractivity contribution in [3.8, 4) is 0 Å². The molecule has 5 N–H and O–H groups in total. The molecule has 0 unspecified atom stereocenters. The Morgan fingerprint density at radius 2 is 1.39 bits per heavy atom. The number of amides is 3. The minimum absolute atomic E-state index is 0.186. The number of carbonyl (C=O) groups excluding carboxylic acids is 3. The van der Waals surface area contributed by atoms with Crippen molar-refractivity contribution < 1.29 is 14.4 Å². The largest absolute Gasteiger partial charge is 0.344 e. The van der Waals surface area contributed by atoms with E-state index in [-0.39, 0.29) is 24.1 Å². The second-order valence-corrected chi connectivity index (χ2v) is 12.4. The maximum absolute atomic E-state index is 13.9. The maximum atomic E-state index is 13.9. The molecule has 0 bridgehead atoms. The number of fused-ring (bicyclic) bond motifs is 1. The zero-order valence-electron chi connectivity index (χ0n) is 27.2. The van der Waals surface area contributed by atoms with Gasteiger partial charge in [0, 0.05) is 17.5 Å². The number of unbranched alkanes of at least 4 members (excludes halogenated alkanes) is 1. The van der Waals surface area contributed by atoms with E-state index in [1.54, 1.807) is 0 Å². The molecule has 0 saturated carbocycles. The first kappa shape index (κ1) is 34.3. The summed E-state index contributed by atoms with van der Waals surface area (Å²) in [6.45, 7) is 6.38. The molecule has 1 aromatic heterocycles. The number of nitrogens with zero attached hydrogens (tertiary/aromatic N) is 1. The van der Waals surface area contributed by atoms with Gasteiger partial charge in [-0.15, -0.1) is 0 Å². The van der Waals surface area contributed by atoms with Crippen LogP contribution >= 0.6 is 0 Å². The molecule has 8 nitrogen and oxygen atoms in total. The second kappa shape index (κ2) is 16.7. The monoisotopic (exact) mass is 621 g/mol. The van der Waals surface area contributed by atoms with Crippen LogP contribution < -0.4 is 21.7 Å². The molecule has 2 atom stereocenters. The quantitative estimate of drug-likeness (QED) is 0.121. The van der Waals surface area contributed by atoms with Crippen molar-refractivity contribution in [1.29, 1.82) is 0 Å². The van der Waals surface area contributed by atoms with E-state index in [1.165, 1.54) is 0 Å². The summed E-state index contributed by atoms with van der Waals surface area (Å²) in [7, 11) is 0. The van der Waals surface area contributed by atoms with Crippen molar-refractivity contribution in [2.45, 2.75) is 77.4 Å². The molecule has 4 aromatic rings. The fourth-order valence-corrected chi connectivity index (χ4v) is 5.45. The molecule has 0 spiro atoms. The number of carbonyl (C=O) groups is 3. The molecule has 46 heavy (non-hydrogen) atoms. The van der Waals surface area contributed by atoms with Crippen LogP contribution in [0.5, 0.6) is 0 Å². The lowest BCUT2D eigenvalue weighted by molar-refractivity contribution is -0.134. The molecule has 0 aliphatic heterocycles. The van der Waals surface area contributed by atoms with Gasteiger partial charge in [-0.1, -0.05) is 106 Å². The maximum Gasteiger partial charge on any atom is 0.243 e. The fourth-order valence-electron chi connectivity index (χ4n) is 5.45. The van der Waals surface area contributed by atoms with Gasteiger partial charge in [0.1, 0.15) is 12.1 Å². The van der Waals surface area contributed by atoms with E-state index in [4.69, 9.17) is 5.73 Å². The molecule has 0 fully saturated rings. The van der Waals surface area contributed by atoms with E-state index in [0.29, 0.717) is 32.2 Å². The molecule has 3 amide bonds. The molecule has 8 heteroatoms. The van der Waals surface area contributed by atoms with E-state index in [0.717, 1.165) is 34.1 Å². The molecule has 0 aliphatic rings. The van der Waals surface area contributed by atoms with E-state index in [9.17, 15) is 14.4 Å². The predicted molar refractivity (Wildman–Crippen MR) is 184 cm³/mol. The highest BCUT2D eigenvalue weighted by molar-refractivity contribution is 5.93. The third-order valence-electron chi connectivity index (χ3n) is 8.66. The summed E-state index contributed by atoms with van der Waals surface area (Å²) in [6, 6.07) is 29.3. The molecular weight excluding hydrogens is 574 g/mol. The number of para-hydroxylation sites is 1. The van der Waals surface area contributed by atoms with Crippen LogP contribution in [-0.4, -0.2) is 41.3 Å². The Balaban J connectivity index is 1.48. The lowest BCUT2D eigenvalue weighted by Crippen LogP contribution is -2.58. The van der Waals surface area contributed by atoms with Crippen molar-refractivity contribution in [1.82, 2.24) is 20.9 Å². The summed E-state index contributed by atoms with van der Waals surface area (Å²) in [4.78, 5) is 45.7. The number of nitrogens with one attached hydrogen (secondary N) is 3. The second-order valence-electron chi connectivity index (χ2n) is 12.4. The number of pyridine rings is 1. The van der Waals surface area contributed by atoms with Crippen LogP contribution in [0.2, 0.25) is 0 Å². The van der Waals surface area contributed by atoms with Gasteiger partial charge in [-0.05, 0) is 67.3 Å². The average molecular weight is 622 g/mol. The van der Waals surface area contributed by atoms with Crippen LogP contribution in [0.15, 0.2) is 97.1 Å². The lowest BCUT2D eigenvalue weighted by Gasteiger charge is -2.34. The average Bonchev–Trinajstić information content (AvgIpc) is 3.08. The molecule has 0 aliphatic carbocycles. The number of aryl methyl sites for hydroxylation is 1. The van der Waals surface area contributed by atoms with Crippen LogP contribution in [0.1, 0.15) is 75.7 Å². The van der Waals surface area contributed by atoms with Crippen molar-refractivity contribution in [2.75, 3.05) is 6.54 Å². The lowest BCUT2D eigenvalue weighted by atomic mass is 9.81. The summed E-state index contributed by atoms with van der Waals surface area (Å²) in [6.07, 6.45) is 3.10. The van der Waals surface area contributed by atoms with Crippen molar-refractivity contribution in [3.63, 3.8) is 0 Å². The van der Waals surface area contributed by atoms with Crippen LogP contribution in [0.25, 0.3) is 10.9 Å². The fraction of sp³-hybridized carbons (Fsp3) is 0.368. The minimum Gasteiger partial charge on any atom is -0.344 e. The third-order valence-corrected chi connectivity index (χ3v) is 8.66. The summed E-state index contributed by atoms with van der Waals surface area (Å²) in [5.74, 6) is -0.910. The van der Waals surface area contributed by atoms with Crippen LogP contribution in [0, 0.1) is 5.41 Å². The highest BCUT2D eigenvalue weighted by atomic mass is 16.2. The Bertz CT molecular complexity index is 1540. The molecule has 0 radical (unpaired) electrons. The first-order valence-corrected chi connectivity index (χ1v) is 16.3. The normalized spacial score (nSPS) is 12.8. The molecule has 0 saturated heterocycles. The summed E-state index contributed by atoms with van der Waals surface area (Å²) in [5, 5.41) is 10.2. The van der Waals surface area contributed by atoms with Gasteiger partial charge in [0.05, 0.1) is 11.6 Å². The van der Waals surface area contributed by atoms with Crippen molar-refractivity contribution in [2.24, 2.45) is 11.1 Å². The Hall–Kier alpha value is -4.56. The van der Waals surface area contributed by atoms with Gasteiger partial charge in [0.15, 0.2) is 0 Å². The Labute approximate surface area is 272 Å². The SMILES string of the molecule is CCC(C)(C)[C@H](NC(=O)CCc1ccc2ccccc2n1)C(=O)N[C@@H](CCCCN)C(=O)NC(c1ccccc1)c1ccccc1. The number of benzene rings is 3. The third kappa shape index (κ3) is 9.47. The van der Waals surface area contributed by atoms with E-state index < -0.39 is 23.5 Å². The van der Waals surface area contributed by atoms with Crippen LogP contribution in [0.4, 0.5) is 0 Å². The van der Waals surface area contributed by atoms with Gasteiger partial charge in [-0.25, -0.2) is 0 Å². The Morgan fingerprint density at radius 1 is 0.761 bits per heavy atom. The topological polar surface area (TPSA) is 126 Å². The summed E-state index contributed by atoms with van der Waals surface area (Å²) in [5.41, 5.74) is 8.77. The van der Waals surface area contributed by atoms with Crippen molar-refractivity contribution >= 4 is 28.6 Å². The smallest absolute Gasteiger partial charge is 0.243 e. The number of hydrogen-bond donors (Lipinski definition) is 4. The zero-order valence-corrected chi connectivity index (χ0v) is 27.2. The van der Waals surface area contributed by atoms with E-state index >= 15 is 0 Å². The highest BCUT2D eigenvalue weighted by Crippen LogP contribution is 2.26. The number of rotatable bonds is 16. The summed E-state index contributed by atoms with van der Waals surface area (Å²) < 4.78 is 0. The highest BCUT2D eigenvalue weighted by Gasteiger charge is 2.37. The van der Waals surface area contributed by atoms with Crippen LogP contribution in [-0.2, 0) is 20.8 Å². The zero-order chi connectivity index (χ0) is 32.9. The van der Waals surface area contributed by atoms with E-state index in [1.807, 2.05) is 118 Å². The first-order valence-electron chi connectivity index (χ1n) is 16.3.